The molecule has 5 rings (SSSR count). The number of carbonyl (C=O) groups is 1. The number of fused-ring (bicyclic) bond motifs is 2. The van der Waals surface area contributed by atoms with Crippen LogP contribution in [-0.4, -0.2) is 20.5 Å². The number of benzene rings is 2. The quantitative estimate of drug-likeness (QED) is 0.412. The molecule has 0 aliphatic carbocycles. The summed E-state index contributed by atoms with van der Waals surface area (Å²) in [5, 5.41) is 13.5. The number of nitrogens with one attached hydrogen (secondary N) is 2. The van der Waals surface area contributed by atoms with Crippen molar-refractivity contribution in [3.63, 3.8) is 0 Å². The molecule has 9 heteroatoms. The third kappa shape index (κ3) is 4.05. The molecule has 0 aliphatic heterocycles. The van der Waals surface area contributed by atoms with Crippen molar-refractivity contribution in [2.45, 2.75) is 13.1 Å². The Bertz CT molecular complexity index is 1430. The molecule has 0 spiro atoms. The predicted molar refractivity (Wildman–Crippen MR) is 124 cm³/mol. The third-order valence-corrected chi connectivity index (χ3v) is 6.49. The molecule has 0 atom stereocenters. The zero-order valence-electron chi connectivity index (χ0n) is 16.2. The lowest BCUT2D eigenvalue weighted by Gasteiger charge is -2.05. The molecule has 5 aromatic rings. The van der Waals surface area contributed by atoms with Crippen molar-refractivity contribution in [3.05, 3.63) is 92.4 Å². The van der Waals surface area contributed by atoms with E-state index in [0.29, 0.717) is 39.6 Å². The number of anilines is 1. The molecule has 7 nitrogen and oxygen atoms in total. The van der Waals surface area contributed by atoms with Gasteiger partial charge in [0.25, 0.3) is 11.5 Å². The Morgan fingerprint density at radius 1 is 1.03 bits per heavy atom. The van der Waals surface area contributed by atoms with Crippen LogP contribution in [0.5, 0.6) is 0 Å². The van der Waals surface area contributed by atoms with Gasteiger partial charge in [-0.25, -0.2) is 4.98 Å². The van der Waals surface area contributed by atoms with Gasteiger partial charge in [0, 0.05) is 17.0 Å². The molecule has 0 fully saturated rings. The third-order valence-electron chi connectivity index (χ3n) is 4.75. The van der Waals surface area contributed by atoms with E-state index in [1.807, 2.05) is 47.8 Å². The van der Waals surface area contributed by atoms with Gasteiger partial charge in [-0.15, -0.1) is 16.4 Å². The van der Waals surface area contributed by atoms with Gasteiger partial charge >= 0.3 is 0 Å². The van der Waals surface area contributed by atoms with E-state index in [-0.39, 0.29) is 11.5 Å². The summed E-state index contributed by atoms with van der Waals surface area (Å²) in [6.07, 6.45) is 0. The Kier molecular flexibility index (Phi) is 5.19. The van der Waals surface area contributed by atoms with E-state index in [4.69, 9.17) is 0 Å². The normalized spacial score (nSPS) is 11.1. The van der Waals surface area contributed by atoms with Gasteiger partial charge in [-0.2, -0.15) is 4.52 Å². The highest BCUT2D eigenvalue weighted by Crippen LogP contribution is 2.20. The Hall–Kier alpha value is -3.56. The van der Waals surface area contributed by atoms with Crippen molar-refractivity contribution < 1.29 is 4.79 Å². The van der Waals surface area contributed by atoms with Crippen molar-refractivity contribution in [2.24, 2.45) is 0 Å². The first kappa shape index (κ1) is 19.4. The zero-order valence-corrected chi connectivity index (χ0v) is 17.9. The number of amides is 1. The van der Waals surface area contributed by atoms with Crippen LogP contribution in [0.15, 0.2) is 70.8 Å². The Labute approximate surface area is 185 Å². The van der Waals surface area contributed by atoms with E-state index < -0.39 is 0 Å². The molecular formula is C22H17N5O2S2. The van der Waals surface area contributed by atoms with Gasteiger partial charge in [-0.3, -0.25) is 9.59 Å². The highest BCUT2D eigenvalue weighted by atomic mass is 32.1. The van der Waals surface area contributed by atoms with E-state index in [1.165, 1.54) is 15.9 Å². The van der Waals surface area contributed by atoms with Crippen LogP contribution in [0, 0.1) is 0 Å². The van der Waals surface area contributed by atoms with Crippen LogP contribution in [-0.2, 0) is 13.1 Å². The van der Waals surface area contributed by atoms with Crippen molar-refractivity contribution in [3.8, 4) is 0 Å². The van der Waals surface area contributed by atoms with Gasteiger partial charge in [-0.05, 0) is 35.2 Å². The fourth-order valence-electron chi connectivity index (χ4n) is 3.18. The monoisotopic (exact) mass is 447 g/mol. The lowest BCUT2D eigenvalue weighted by molar-refractivity contribution is 0.0951. The van der Waals surface area contributed by atoms with Crippen LogP contribution in [0.1, 0.15) is 20.8 Å². The molecule has 0 aliphatic rings. The first-order valence-corrected chi connectivity index (χ1v) is 11.3. The van der Waals surface area contributed by atoms with Gasteiger partial charge in [-0.1, -0.05) is 47.7 Å². The fraction of sp³-hybridized carbons (Fsp3) is 0.0909. The number of aromatic nitrogens is 3. The smallest absolute Gasteiger partial charge is 0.283 e. The van der Waals surface area contributed by atoms with Crippen molar-refractivity contribution in [2.75, 3.05) is 5.32 Å². The summed E-state index contributed by atoms with van der Waals surface area (Å²) in [4.78, 5) is 31.5. The predicted octanol–water partition coefficient (Wildman–Crippen LogP) is 3.91. The zero-order chi connectivity index (χ0) is 21.2. The van der Waals surface area contributed by atoms with Crippen molar-refractivity contribution in [1.82, 2.24) is 19.9 Å². The molecule has 3 aromatic heterocycles. The Balaban J connectivity index is 1.41. The fourth-order valence-corrected chi connectivity index (χ4v) is 4.62. The summed E-state index contributed by atoms with van der Waals surface area (Å²) in [7, 11) is 0. The molecule has 0 saturated carbocycles. The van der Waals surface area contributed by atoms with E-state index in [0.717, 1.165) is 10.4 Å². The summed E-state index contributed by atoms with van der Waals surface area (Å²) in [6, 6.07) is 18.8. The van der Waals surface area contributed by atoms with Crippen molar-refractivity contribution >= 4 is 49.6 Å². The molecule has 2 N–H and O–H groups in total. The van der Waals surface area contributed by atoms with Gasteiger partial charge in [0.05, 0.1) is 17.4 Å². The molecule has 3 heterocycles. The summed E-state index contributed by atoms with van der Waals surface area (Å²) in [6.45, 7) is 1.07. The number of thiophene rings is 1. The molecule has 31 heavy (non-hydrogen) atoms. The van der Waals surface area contributed by atoms with Crippen molar-refractivity contribution in [1.29, 1.82) is 0 Å². The van der Waals surface area contributed by atoms with Crippen LogP contribution in [0.25, 0.3) is 15.9 Å². The second-order valence-electron chi connectivity index (χ2n) is 6.85. The molecule has 1 amide bonds. The second kappa shape index (κ2) is 8.29. The van der Waals surface area contributed by atoms with Crippen LogP contribution in [0.2, 0.25) is 0 Å². The average Bonchev–Trinajstić information content (AvgIpc) is 3.46. The lowest BCUT2D eigenvalue weighted by Crippen LogP contribution is -2.22. The maximum absolute atomic E-state index is 12.9. The van der Waals surface area contributed by atoms with Gasteiger partial charge in [0.2, 0.25) is 10.1 Å². The van der Waals surface area contributed by atoms with Crippen LogP contribution in [0.4, 0.5) is 5.13 Å². The summed E-state index contributed by atoms with van der Waals surface area (Å²) < 4.78 is 1.30. The molecule has 0 radical (unpaired) electrons. The van der Waals surface area contributed by atoms with E-state index in [2.05, 4.69) is 20.7 Å². The minimum atomic E-state index is -0.255. The number of rotatable bonds is 6. The molecule has 154 valence electrons. The highest BCUT2D eigenvalue weighted by molar-refractivity contribution is 7.20. The maximum atomic E-state index is 12.9. The minimum absolute atomic E-state index is 0.202. The average molecular weight is 448 g/mol. The summed E-state index contributed by atoms with van der Waals surface area (Å²) in [5.74, 6) is -0.202. The molecule has 0 saturated heterocycles. The standard InChI is InChI=1S/C22H17N5O2S2/c28-19(23-13-16-7-4-10-30-16)15-8-9-17-18(11-15)25-22-27(20(17)29)26-21(31-22)24-12-14-5-2-1-3-6-14/h1-11H,12-13H2,(H,23,28)(H,24,26). The second-order valence-corrected chi connectivity index (χ2v) is 8.84. The lowest BCUT2D eigenvalue weighted by atomic mass is 10.1. The van der Waals surface area contributed by atoms with E-state index in [1.54, 1.807) is 29.5 Å². The SMILES string of the molecule is O=C(NCc1cccs1)c1ccc2c(=O)n3nc(NCc4ccccc4)sc3nc2c1. The minimum Gasteiger partial charge on any atom is -0.356 e. The van der Waals surface area contributed by atoms with Gasteiger partial charge < -0.3 is 10.6 Å². The van der Waals surface area contributed by atoms with E-state index >= 15 is 0 Å². The van der Waals surface area contributed by atoms with E-state index in [9.17, 15) is 9.59 Å². The molecule has 2 aromatic carbocycles. The highest BCUT2D eigenvalue weighted by Gasteiger charge is 2.13. The first-order chi connectivity index (χ1) is 15.2. The molecule has 0 unspecified atom stereocenters. The first-order valence-electron chi connectivity index (χ1n) is 9.59. The number of carbonyl (C=O) groups excluding carboxylic acids is 1. The maximum Gasteiger partial charge on any atom is 0.283 e. The number of hydrogen-bond acceptors (Lipinski definition) is 7. The Morgan fingerprint density at radius 3 is 2.71 bits per heavy atom. The molecule has 0 bridgehead atoms. The van der Waals surface area contributed by atoms with Crippen LogP contribution in [0.3, 0.4) is 0 Å². The Morgan fingerprint density at radius 2 is 1.90 bits per heavy atom. The summed E-state index contributed by atoms with van der Waals surface area (Å²) >= 11 is 2.89. The van der Waals surface area contributed by atoms with Crippen LogP contribution < -0.4 is 16.2 Å². The van der Waals surface area contributed by atoms with Gasteiger partial charge in [0.15, 0.2) is 0 Å². The largest absolute Gasteiger partial charge is 0.356 e. The molecular weight excluding hydrogens is 430 g/mol. The number of hydrogen-bond donors (Lipinski definition) is 2. The number of nitrogens with zero attached hydrogens (tertiary/aromatic N) is 3. The summed E-state index contributed by atoms with van der Waals surface area (Å²) in [5.41, 5.74) is 1.80. The van der Waals surface area contributed by atoms with Gasteiger partial charge in [0.1, 0.15) is 0 Å². The topological polar surface area (TPSA) is 88.4 Å². The van der Waals surface area contributed by atoms with Crippen LogP contribution >= 0.6 is 22.7 Å².